The third kappa shape index (κ3) is 5.57. The average Bonchev–Trinajstić information content (AvgIpc) is 2.85. The van der Waals surface area contributed by atoms with Crippen molar-refractivity contribution in [1.82, 2.24) is 9.88 Å². The lowest BCUT2D eigenvalue weighted by atomic mass is 9.93. The van der Waals surface area contributed by atoms with Crippen molar-refractivity contribution in [3.05, 3.63) is 105 Å². The van der Waals surface area contributed by atoms with Crippen molar-refractivity contribution in [3.8, 4) is 5.75 Å². The first-order valence-corrected chi connectivity index (χ1v) is 10.9. The van der Waals surface area contributed by atoms with Crippen molar-refractivity contribution < 1.29 is 23.6 Å². The predicted molar refractivity (Wildman–Crippen MR) is 127 cm³/mol. The quantitative estimate of drug-likeness (QED) is 0.275. The molecule has 35 heavy (non-hydrogen) atoms. The molecule has 3 aromatic rings. The van der Waals surface area contributed by atoms with E-state index in [1.807, 2.05) is 31.2 Å². The van der Waals surface area contributed by atoms with E-state index in [4.69, 9.17) is 4.74 Å². The number of rotatable bonds is 6. The second kappa shape index (κ2) is 10.3. The summed E-state index contributed by atoms with van der Waals surface area (Å²) in [6.45, 7) is 2.85. The molecule has 1 aromatic heterocycles. The number of nitro benzene ring substituents is 1. The first-order chi connectivity index (χ1) is 16.8. The molecule has 1 aliphatic heterocycles. The van der Waals surface area contributed by atoms with Crippen molar-refractivity contribution >= 4 is 23.1 Å². The van der Waals surface area contributed by atoms with Gasteiger partial charge in [0.25, 0.3) is 5.69 Å². The molecule has 0 saturated heterocycles. The van der Waals surface area contributed by atoms with Crippen LogP contribution in [0, 0.1) is 15.9 Å². The zero-order chi connectivity index (χ0) is 24.9. The Labute approximate surface area is 200 Å². The minimum absolute atomic E-state index is 0.0112. The van der Waals surface area contributed by atoms with Gasteiger partial charge in [-0.3, -0.25) is 19.9 Å². The third-order valence-electron chi connectivity index (χ3n) is 5.87. The number of amides is 1. The summed E-state index contributed by atoms with van der Waals surface area (Å²) in [5.41, 5.74) is 3.72. The van der Waals surface area contributed by atoms with E-state index in [0.29, 0.717) is 19.5 Å². The van der Waals surface area contributed by atoms with Gasteiger partial charge in [0.05, 0.1) is 16.7 Å². The molecule has 0 bridgehead atoms. The van der Waals surface area contributed by atoms with Crippen LogP contribution in [-0.4, -0.2) is 39.8 Å². The van der Waals surface area contributed by atoms with Gasteiger partial charge in [0.1, 0.15) is 5.75 Å². The zero-order valence-corrected chi connectivity index (χ0v) is 18.9. The summed E-state index contributed by atoms with van der Waals surface area (Å²) in [6.07, 6.45) is 2.60. The van der Waals surface area contributed by atoms with E-state index in [1.54, 1.807) is 4.90 Å². The van der Waals surface area contributed by atoms with E-state index in [2.05, 4.69) is 4.98 Å². The van der Waals surface area contributed by atoms with Crippen LogP contribution in [0.15, 0.2) is 72.6 Å². The fraction of sp³-hybridized carbons (Fsp3) is 0.192. The van der Waals surface area contributed by atoms with Crippen molar-refractivity contribution in [1.29, 1.82) is 0 Å². The summed E-state index contributed by atoms with van der Waals surface area (Å²) < 4.78 is 19.2. The van der Waals surface area contributed by atoms with Crippen molar-refractivity contribution in [2.24, 2.45) is 0 Å². The second-order valence-corrected chi connectivity index (χ2v) is 8.20. The number of ether oxygens (including phenoxy) is 1. The molecule has 2 aromatic carbocycles. The average molecular weight is 475 g/mol. The maximum atomic E-state index is 13.8. The summed E-state index contributed by atoms with van der Waals surface area (Å²) >= 11 is 0. The normalized spacial score (nSPS) is 13.5. The van der Waals surface area contributed by atoms with Gasteiger partial charge in [-0.05, 0) is 48.2 Å². The lowest BCUT2D eigenvalue weighted by molar-refractivity contribution is -0.384. The van der Waals surface area contributed by atoms with Crippen LogP contribution in [0.25, 0.3) is 5.57 Å². The van der Waals surface area contributed by atoms with E-state index in [9.17, 15) is 24.1 Å². The molecule has 2 heterocycles. The Kier molecular flexibility index (Phi) is 6.96. The molecule has 9 heteroatoms. The number of ketones is 1. The third-order valence-corrected chi connectivity index (χ3v) is 5.87. The molecule has 0 N–H and O–H groups in total. The molecular weight excluding hydrogens is 453 g/mol. The maximum absolute atomic E-state index is 13.8. The van der Waals surface area contributed by atoms with E-state index in [-0.39, 0.29) is 29.2 Å². The first-order valence-electron chi connectivity index (χ1n) is 10.9. The summed E-state index contributed by atoms with van der Waals surface area (Å²) in [4.78, 5) is 40.6. The van der Waals surface area contributed by atoms with Crippen LogP contribution in [0.1, 0.15) is 34.8 Å². The fourth-order valence-corrected chi connectivity index (χ4v) is 3.86. The van der Waals surface area contributed by atoms with Crippen LogP contribution in [0.3, 0.4) is 0 Å². The Hall–Kier alpha value is -4.40. The SMILES string of the molecule is CC1=C(c2ccc(CC(=O)c3ccncc3F)cc2)CN(C(=O)Oc2ccc([N+](=O)[O-])cc2)CC1. The molecular formula is C26H22FN3O5. The van der Waals surface area contributed by atoms with Crippen LogP contribution in [-0.2, 0) is 6.42 Å². The number of carbonyl (C=O) groups is 2. The van der Waals surface area contributed by atoms with Crippen molar-refractivity contribution in [2.75, 3.05) is 13.1 Å². The number of Topliss-reactive ketones (excluding diaryl/α,β-unsaturated/α-hetero) is 1. The number of hydrogen-bond donors (Lipinski definition) is 0. The second-order valence-electron chi connectivity index (χ2n) is 8.20. The van der Waals surface area contributed by atoms with Gasteiger partial charge in [0.2, 0.25) is 0 Å². The Morgan fingerprint density at radius 1 is 1.11 bits per heavy atom. The number of non-ortho nitro benzene ring substituents is 1. The summed E-state index contributed by atoms with van der Waals surface area (Å²) in [5, 5.41) is 10.8. The molecule has 0 saturated carbocycles. The Morgan fingerprint density at radius 3 is 2.49 bits per heavy atom. The molecule has 0 aliphatic carbocycles. The molecule has 0 spiro atoms. The van der Waals surface area contributed by atoms with Gasteiger partial charge in [0.15, 0.2) is 11.6 Å². The van der Waals surface area contributed by atoms with E-state index in [1.165, 1.54) is 36.5 Å². The Morgan fingerprint density at radius 2 is 1.83 bits per heavy atom. The fourth-order valence-electron chi connectivity index (χ4n) is 3.86. The van der Waals surface area contributed by atoms with Gasteiger partial charge < -0.3 is 9.64 Å². The molecule has 0 fully saturated rings. The lowest BCUT2D eigenvalue weighted by Gasteiger charge is -2.29. The molecule has 1 aliphatic rings. The number of pyridine rings is 1. The number of carbonyl (C=O) groups excluding carboxylic acids is 2. The summed E-state index contributed by atoms with van der Waals surface area (Å²) in [5.74, 6) is -0.739. The van der Waals surface area contributed by atoms with Gasteiger partial charge >= 0.3 is 6.09 Å². The van der Waals surface area contributed by atoms with E-state index < -0.39 is 16.8 Å². The minimum Gasteiger partial charge on any atom is -0.410 e. The van der Waals surface area contributed by atoms with Crippen LogP contribution in [0.4, 0.5) is 14.9 Å². The topological polar surface area (TPSA) is 103 Å². The first kappa shape index (κ1) is 23.7. The number of nitro groups is 1. The zero-order valence-electron chi connectivity index (χ0n) is 18.9. The number of hydrogen-bond acceptors (Lipinski definition) is 6. The number of aromatic nitrogens is 1. The molecule has 4 rings (SSSR count). The highest BCUT2D eigenvalue weighted by atomic mass is 19.1. The molecule has 8 nitrogen and oxygen atoms in total. The Balaban J connectivity index is 1.42. The molecule has 0 unspecified atom stereocenters. The van der Waals surface area contributed by atoms with Crippen LogP contribution >= 0.6 is 0 Å². The highest BCUT2D eigenvalue weighted by molar-refractivity contribution is 5.97. The minimum atomic E-state index is -0.641. The molecule has 178 valence electrons. The van der Waals surface area contributed by atoms with Crippen molar-refractivity contribution in [3.63, 3.8) is 0 Å². The molecule has 0 atom stereocenters. The highest BCUT2D eigenvalue weighted by Crippen LogP contribution is 2.28. The smallest absolute Gasteiger partial charge is 0.410 e. The van der Waals surface area contributed by atoms with Gasteiger partial charge in [-0.1, -0.05) is 29.8 Å². The number of benzene rings is 2. The summed E-state index contributed by atoms with van der Waals surface area (Å²) in [6, 6.07) is 14.1. The molecule has 0 radical (unpaired) electrons. The van der Waals surface area contributed by atoms with Gasteiger partial charge in [0, 0.05) is 37.8 Å². The van der Waals surface area contributed by atoms with Crippen LogP contribution in [0.5, 0.6) is 5.75 Å². The van der Waals surface area contributed by atoms with E-state index in [0.717, 1.165) is 28.5 Å². The molecule has 1 amide bonds. The van der Waals surface area contributed by atoms with Gasteiger partial charge in [-0.2, -0.15) is 0 Å². The monoisotopic (exact) mass is 475 g/mol. The largest absolute Gasteiger partial charge is 0.415 e. The highest BCUT2D eigenvalue weighted by Gasteiger charge is 2.24. The van der Waals surface area contributed by atoms with Crippen LogP contribution < -0.4 is 4.74 Å². The predicted octanol–water partition coefficient (Wildman–Crippen LogP) is 5.23. The number of nitrogens with zero attached hydrogens (tertiary/aromatic N) is 3. The summed E-state index contributed by atoms with van der Waals surface area (Å²) in [7, 11) is 0. The number of halogens is 1. The van der Waals surface area contributed by atoms with Gasteiger partial charge in [-0.15, -0.1) is 0 Å². The standard InChI is InChI=1S/C26H22FN3O5/c1-17-11-13-29(26(32)35-21-8-6-20(7-9-21)30(33)34)16-23(17)19-4-2-18(3-5-19)14-25(31)22-10-12-28-15-24(22)27/h2-10,12,15H,11,13-14,16H2,1H3. The Bertz CT molecular complexity index is 1300. The lowest BCUT2D eigenvalue weighted by Crippen LogP contribution is -2.38. The maximum Gasteiger partial charge on any atom is 0.415 e. The van der Waals surface area contributed by atoms with E-state index >= 15 is 0 Å². The van der Waals surface area contributed by atoms with Crippen molar-refractivity contribution in [2.45, 2.75) is 19.8 Å². The van der Waals surface area contributed by atoms with Crippen LogP contribution in [0.2, 0.25) is 0 Å². The van der Waals surface area contributed by atoms with Gasteiger partial charge in [-0.25, -0.2) is 9.18 Å².